The van der Waals surface area contributed by atoms with Crippen LogP contribution in [0.15, 0.2) is 0 Å². The first kappa shape index (κ1) is 12.9. The minimum Gasteiger partial charge on any atom is -0.504 e. The fourth-order valence-electron chi connectivity index (χ4n) is 2.12. The Labute approximate surface area is 107 Å². The number of esters is 2. The van der Waals surface area contributed by atoms with Gasteiger partial charge in [-0.15, -0.1) is 0 Å². The summed E-state index contributed by atoms with van der Waals surface area (Å²) in [4.78, 5) is 34.2. The minimum atomic E-state index is -1.63. The molecule has 0 aliphatic carbocycles. The number of carboxylic acid groups (broad SMARTS) is 1. The maximum atomic E-state index is 11.6. The van der Waals surface area contributed by atoms with Crippen molar-refractivity contribution < 1.29 is 34.4 Å². The molecule has 19 heavy (non-hydrogen) atoms. The third kappa shape index (κ3) is 1.62. The van der Waals surface area contributed by atoms with Crippen molar-refractivity contribution in [1.29, 1.82) is 0 Å². The fourth-order valence-corrected chi connectivity index (χ4v) is 2.12. The Hall–Kier alpha value is -2.57. The number of phenolic OH excluding ortho intramolecular Hbond substituents is 1. The summed E-state index contributed by atoms with van der Waals surface area (Å²) in [6.07, 6.45) is 0. The number of rotatable bonds is 2. The van der Waals surface area contributed by atoms with Gasteiger partial charge in [-0.1, -0.05) is 13.8 Å². The fraction of sp³-hybridized carbons (Fsp3) is 0.250. The van der Waals surface area contributed by atoms with Crippen molar-refractivity contribution in [2.45, 2.75) is 19.8 Å². The maximum Gasteiger partial charge on any atom is 0.347 e. The van der Waals surface area contributed by atoms with Crippen LogP contribution in [0, 0.1) is 0 Å². The number of ether oxygens (including phenoxy) is 1. The molecule has 7 nitrogen and oxygen atoms in total. The highest BCUT2D eigenvalue weighted by atomic mass is 16.6. The summed E-state index contributed by atoms with van der Waals surface area (Å²) in [7, 11) is 0. The van der Waals surface area contributed by atoms with Crippen LogP contribution in [0.2, 0.25) is 0 Å². The van der Waals surface area contributed by atoms with Gasteiger partial charge in [0.15, 0.2) is 11.5 Å². The van der Waals surface area contributed by atoms with Crippen LogP contribution in [0.25, 0.3) is 0 Å². The van der Waals surface area contributed by atoms with E-state index in [4.69, 9.17) is 5.11 Å². The van der Waals surface area contributed by atoms with E-state index in [0.717, 1.165) is 0 Å². The molecule has 0 radical (unpaired) electrons. The van der Waals surface area contributed by atoms with Gasteiger partial charge in [-0.25, -0.2) is 14.4 Å². The molecule has 1 heterocycles. The molecule has 0 bridgehead atoms. The van der Waals surface area contributed by atoms with Gasteiger partial charge in [0.2, 0.25) is 0 Å². The number of cyclic esters (lactones) is 2. The zero-order valence-corrected chi connectivity index (χ0v) is 10.1. The molecule has 1 aliphatic heterocycles. The SMILES string of the molecule is CC(C)c1c(O)c(O)c(C(=O)O)c2c1C(=O)OC2=O. The average molecular weight is 266 g/mol. The monoisotopic (exact) mass is 266 g/mol. The molecule has 1 aromatic rings. The summed E-state index contributed by atoms with van der Waals surface area (Å²) in [6.45, 7) is 3.23. The van der Waals surface area contributed by atoms with Gasteiger partial charge in [0.05, 0.1) is 11.1 Å². The van der Waals surface area contributed by atoms with Crippen molar-refractivity contribution in [3.05, 3.63) is 22.3 Å². The van der Waals surface area contributed by atoms with E-state index in [9.17, 15) is 24.6 Å². The molecule has 0 amide bonds. The van der Waals surface area contributed by atoms with Crippen LogP contribution >= 0.6 is 0 Å². The Morgan fingerprint density at radius 2 is 1.58 bits per heavy atom. The topological polar surface area (TPSA) is 121 Å². The molecule has 7 heteroatoms. The Kier molecular flexibility index (Phi) is 2.69. The number of benzene rings is 1. The molecular weight excluding hydrogens is 256 g/mol. The average Bonchev–Trinajstić information content (AvgIpc) is 2.55. The summed E-state index contributed by atoms with van der Waals surface area (Å²) in [5, 5.41) is 28.5. The number of carboxylic acids is 1. The Balaban J connectivity index is 2.99. The van der Waals surface area contributed by atoms with Gasteiger partial charge in [-0.05, 0) is 5.92 Å². The van der Waals surface area contributed by atoms with E-state index in [1.807, 2.05) is 0 Å². The second-order valence-electron chi connectivity index (χ2n) is 4.37. The first-order valence-corrected chi connectivity index (χ1v) is 5.38. The number of carbonyl (C=O) groups excluding carboxylic acids is 2. The molecule has 100 valence electrons. The van der Waals surface area contributed by atoms with E-state index in [1.54, 1.807) is 13.8 Å². The first-order chi connectivity index (χ1) is 8.77. The van der Waals surface area contributed by atoms with Gasteiger partial charge in [-0.2, -0.15) is 0 Å². The van der Waals surface area contributed by atoms with Gasteiger partial charge in [0.25, 0.3) is 0 Å². The lowest BCUT2D eigenvalue weighted by Crippen LogP contribution is -2.10. The van der Waals surface area contributed by atoms with Crippen LogP contribution in [-0.2, 0) is 4.74 Å². The van der Waals surface area contributed by atoms with E-state index >= 15 is 0 Å². The second-order valence-corrected chi connectivity index (χ2v) is 4.37. The molecule has 0 atom stereocenters. The molecule has 1 aromatic carbocycles. The molecule has 1 aliphatic rings. The van der Waals surface area contributed by atoms with Crippen molar-refractivity contribution >= 4 is 17.9 Å². The maximum absolute atomic E-state index is 11.6. The number of hydrogen-bond acceptors (Lipinski definition) is 6. The molecule has 2 rings (SSSR count). The Bertz CT molecular complexity index is 628. The van der Waals surface area contributed by atoms with Gasteiger partial charge in [0, 0.05) is 5.56 Å². The molecule has 0 spiro atoms. The smallest absolute Gasteiger partial charge is 0.347 e. The highest BCUT2D eigenvalue weighted by Crippen LogP contribution is 2.44. The number of aromatic hydroxyl groups is 2. The Morgan fingerprint density at radius 3 is 2.05 bits per heavy atom. The number of hydrogen-bond donors (Lipinski definition) is 3. The molecule has 0 unspecified atom stereocenters. The summed E-state index contributed by atoms with van der Waals surface area (Å²) in [5.41, 5.74) is -1.65. The van der Waals surface area contributed by atoms with E-state index < -0.39 is 46.5 Å². The predicted octanol–water partition coefficient (Wildman–Crippen LogP) is 1.23. The van der Waals surface area contributed by atoms with Crippen molar-refractivity contribution in [3.63, 3.8) is 0 Å². The third-order valence-electron chi connectivity index (χ3n) is 2.87. The van der Waals surface area contributed by atoms with Gasteiger partial charge >= 0.3 is 17.9 Å². The minimum absolute atomic E-state index is 0.00616. The predicted molar refractivity (Wildman–Crippen MR) is 60.6 cm³/mol. The molecule has 0 aromatic heterocycles. The number of phenols is 2. The highest BCUT2D eigenvalue weighted by molar-refractivity contribution is 6.21. The lowest BCUT2D eigenvalue weighted by Gasteiger charge is -2.14. The van der Waals surface area contributed by atoms with E-state index in [1.165, 1.54) is 0 Å². The zero-order valence-electron chi connectivity index (χ0n) is 10.1. The summed E-state index contributed by atoms with van der Waals surface area (Å²) in [6, 6.07) is 0. The van der Waals surface area contributed by atoms with Crippen LogP contribution in [0.3, 0.4) is 0 Å². The largest absolute Gasteiger partial charge is 0.504 e. The lowest BCUT2D eigenvalue weighted by atomic mass is 9.89. The quantitative estimate of drug-likeness (QED) is 0.418. The van der Waals surface area contributed by atoms with Gasteiger partial charge in [-0.3, -0.25) is 0 Å². The standard InChI is InChI=1S/C12H10O7/c1-3(2)4-5-6(12(18)19-11(5)17)7(10(15)16)9(14)8(4)13/h3,13-14H,1-2H3,(H,15,16). The summed E-state index contributed by atoms with van der Waals surface area (Å²) < 4.78 is 4.36. The van der Waals surface area contributed by atoms with Crippen LogP contribution in [0.1, 0.15) is 56.4 Å². The molecular formula is C12H10O7. The van der Waals surface area contributed by atoms with E-state index in [0.29, 0.717) is 0 Å². The second kappa shape index (κ2) is 3.98. The normalized spacial score (nSPS) is 13.6. The molecule has 3 N–H and O–H groups in total. The van der Waals surface area contributed by atoms with Crippen LogP contribution in [0.4, 0.5) is 0 Å². The van der Waals surface area contributed by atoms with Crippen LogP contribution in [0.5, 0.6) is 11.5 Å². The number of aromatic carboxylic acids is 1. The van der Waals surface area contributed by atoms with Crippen molar-refractivity contribution in [1.82, 2.24) is 0 Å². The van der Waals surface area contributed by atoms with Gasteiger partial charge in [0.1, 0.15) is 5.56 Å². The molecule has 0 saturated heterocycles. The van der Waals surface area contributed by atoms with E-state index in [-0.39, 0.29) is 11.1 Å². The lowest BCUT2D eigenvalue weighted by molar-refractivity contribution is 0.0438. The van der Waals surface area contributed by atoms with Gasteiger partial charge < -0.3 is 20.1 Å². The first-order valence-electron chi connectivity index (χ1n) is 5.38. The highest BCUT2D eigenvalue weighted by Gasteiger charge is 2.41. The van der Waals surface area contributed by atoms with Crippen LogP contribution < -0.4 is 0 Å². The van der Waals surface area contributed by atoms with Crippen molar-refractivity contribution in [3.8, 4) is 11.5 Å². The van der Waals surface area contributed by atoms with E-state index in [2.05, 4.69) is 4.74 Å². The van der Waals surface area contributed by atoms with Crippen molar-refractivity contribution in [2.75, 3.05) is 0 Å². The molecule has 0 fully saturated rings. The zero-order chi connectivity index (χ0) is 14.5. The summed E-state index contributed by atoms with van der Waals surface area (Å²) >= 11 is 0. The molecule has 0 saturated carbocycles. The summed E-state index contributed by atoms with van der Waals surface area (Å²) in [5.74, 6) is -5.89. The Morgan fingerprint density at radius 1 is 1.05 bits per heavy atom. The number of fused-ring (bicyclic) bond motifs is 1. The third-order valence-corrected chi connectivity index (χ3v) is 2.87. The van der Waals surface area contributed by atoms with Crippen molar-refractivity contribution in [2.24, 2.45) is 0 Å². The number of carbonyl (C=O) groups is 3. The van der Waals surface area contributed by atoms with Crippen LogP contribution in [-0.4, -0.2) is 33.2 Å².